The second kappa shape index (κ2) is 5.31. The van der Waals surface area contributed by atoms with Gasteiger partial charge in [0, 0.05) is 6.04 Å². The SMILES string of the molecule is CCC1CCNC(CC2CCC(C)O2)C1. The van der Waals surface area contributed by atoms with E-state index in [9.17, 15) is 0 Å². The van der Waals surface area contributed by atoms with Crippen LogP contribution in [0.5, 0.6) is 0 Å². The van der Waals surface area contributed by atoms with Crippen molar-refractivity contribution in [2.24, 2.45) is 5.92 Å². The van der Waals surface area contributed by atoms with Crippen LogP contribution in [-0.2, 0) is 4.74 Å². The molecule has 0 aliphatic carbocycles. The molecule has 0 aromatic carbocycles. The van der Waals surface area contributed by atoms with Gasteiger partial charge in [0.15, 0.2) is 0 Å². The summed E-state index contributed by atoms with van der Waals surface area (Å²) in [5, 5.41) is 3.65. The zero-order valence-electron chi connectivity index (χ0n) is 10.2. The monoisotopic (exact) mass is 211 g/mol. The molecule has 0 saturated carbocycles. The summed E-state index contributed by atoms with van der Waals surface area (Å²) in [5.41, 5.74) is 0. The minimum atomic E-state index is 0.501. The fourth-order valence-corrected chi connectivity index (χ4v) is 3.02. The van der Waals surface area contributed by atoms with Crippen LogP contribution in [0.2, 0.25) is 0 Å². The van der Waals surface area contributed by atoms with E-state index in [1.807, 2.05) is 0 Å². The highest BCUT2D eigenvalue weighted by atomic mass is 16.5. The largest absolute Gasteiger partial charge is 0.375 e. The lowest BCUT2D eigenvalue weighted by Gasteiger charge is -2.31. The molecule has 2 aliphatic heterocycles. The molecule has 0 aromatic heterocycles. The third-order valence-electron chi connectivity index (χ3n) is 4.05. The van der Waals surface area contributed by atoms with Gasteiger partial charge in [0.1, 0.15) is 0 Å². The molecule has 2 rings (SSSR count). The highest BCUT2D eigenvalue weighted by Gasteiger charge is 2.27. The maximum Gasteiger partial charge on any atom is 0.0594 e. The zero-order valence-corrected chi connectivity index (χ0v) is 10.2. The van der Waals surface area contributed by atoms with Crippen molar-refractivity contribution in [1.29, 1.82) is 0 Å². The molecule has 2 heteroatoms. The minimum Gasteiger partial charge on any atom is -0.375 e. The van der Waals surface area contributed by atoms with E-state index in [1.165, 1.54) is 45.1 Å². The van der Waals surface area contributed by atoms with Crippen molar-refractivity contribution in [3.63, 3.8) is 0 Å². The van der Waals surface area contributed by atoms with Crippen LogP contribution in [0.15, 0.2) is 0 Å². The first-order valence-corrected chi connectivity index (χ1v) is 6.66. The van der Waals surface area contributed by atoms with Crippen molar-refractivity contribution in [3.8, 4) is 0 Å². The lowest BCUT2D eigenvalue weighted by Crippen LogP contribution is -2.40. The molecular formula is C13H25NO. The topological polar surface area (TPSA) is 21.3 Å². The molecule has 2 heterocycles. The Morgan fingerprint density at radius 2 is 2.13 bits per heavy atom. The van der Waals surface area contributed by atoms with Gasteiger partial charge in [-0.2, -0.15) is 0 Å². The van der Waals surface area contributed by atoms with E-state index in [0.717, 1.165) is 12.0 Å². The highest BCUT2D eigenvalue weighted by Crippen LogP contribution is 2.27. The van der Waals surface area contributed by atoms with Gasteiger partial charge in [0.25, 0.3) is 0 Å². The van der Waals surface area contributed by atoms with E-state index in [4.69, 9.17) is 4.74 Å². The van der Waals surface area contributed by atoms with E-state index in [-0.39, 0.29) is 0 Å². The van der Waals surface area contributed by atoms with Gasteiger partial charge in [-0.1, -0.05) is 13.3 Å². The number of nitrogens with one attached hydrogen (secondary N) is 1. The van der Waals surface area contributed by atoms with Gasteiger partial charge in [0.05, 0.1) is 12.2 Å². The third kappa shape index (κ3) is 3.18. The fourth-order valence-electron chi connectivity index (χ4n) is 3.02. The predicted octanol–water partition coefficient (Wildman–Crippen LogP) is 2.72. The van der Waals surface area contributed by atoms with E-state index in [0.29, 0.717) is 12.2 Å². The fraction of sp³-hybridized carbons (Fsp3) is 1.00. The predicted molar refractivity (Wildman–Crippen MR) is 63.0 cm³/mol. The Hall–Kier alpha value is -0.0800. The molecule has 4 atom stereocenters. The average Bonchev–Trinajstić information content (AvgIpc) is 2.64. The molecule has 0 aromatic rings. The van der Waals surface area contributed by atoms with Crippen LogP contribution in [0.3, 0.4) is 0 Å². The van der Waals surface area contributed by atoms with Gasteiger partial charge in [-0.15, -0.1) is 0 Å². The van der Waals surface area contributed by atoms with Crippen molar-refractivity contribution in [1.82, 2.24) is 5.32 Å². The van der Waals surface area contributed by atoms with E-state index >= 15 is 0 Å². The maximum atomic E-state index is 5.89. The number of hydrogen-bond donors (Lipinski definition) is 1. The van der Waals surface area contributed by atoms with Gasteiger partial charge < -0.3 is 10.1 Å². The van der Waals surface area contributed by atoms with Crippen molar-refractivity contribution in [2.75, 3.05) is 6.54 Å². The summed E-state index contributed by atoms with van der Waals surface area (Å²) in [7, 11) is 0. The first-order chi connectivity index (χ1) is 7.28. The van der Waals surface area contributed by atoms with E-state index in [1.54, 1.807) is 0 Å². The molecule has 2 fully saturated rings. The van der Waals surface area contributed by atoms with Crippen LogP contribution in [0.25, 0.3) is 0 Å². The Kier molecular flexibility index (Phi) is 4.04. The van der Waals surface area contributed by atoms with Crippen LogP contribution >= 0.6 is 0 Å². The maximum absolute atomic E-state index is 5.89. The molecule has 88 valence electrons. The van der Waals surface area contributed by atoms with Gasteiger partial charge in [0.2, 0.25) is 0 Å². The summed E-state index contributed by atoms with van der Waals surface area (Å²) < 4.78 is 5.89. The first-order valence-electron chi connectivity index (χ1n) is 6.66. The van der Waals surface area contributed by atoms with Crippen molar-refractivity contribution in [2.45, 2.75) is 70.6 Å². The number of piperidine rings is 1. The quantitative estimate of drug-likeness (QED) is 0.775. The summed E-state index contributed by atoms with van der Waals surface area (Å²) in [6, 6.07) is 0.721. The number of hydrogen-bond acceptors (Lipinski definition) is 2. The van der Waals surface area contributed by atoms with Crippen LogP contribution in [0.1, 0.15) is 52.4 Å². The van der Waals surface area contributed by atoms with Crippen LogP contribution in [0, 0.1) is 5.92 Å². The highest BCUT2D eigenvalue weighted by molar-refractivity contribution is 4.82. The summed E-state index contributed by atoms with van der Waals surface area (Å²) in [4.78, 5) is 0. The lowest BCUT2D eigenvalue weighted by molar-refractivity contribution is 0.0406. The van der Waals surface area contributed by atoms with Crippen molar-refractivity contribution < 1.29 is 4.74 Å². The second-order valence-corrected chi connectivity index (χ2v) is 5.33. The van der Waals surface area contributed by atoms with Gasteiger partial charge in [-0.05, 0) is 51.5 Å². The normalized spacial score (nSPS) is 42.0. The lowest BCUT2D eigenvalue weighted by atomic mass is 9.88. The first kappa shape index (κ1) is 11.4. The summed E-state index contributed by atoms with van der Waals surface area (Å²) in [5.74, 6) is 0.954. The molecule has 15 heavy (non-hydrogen) atoms. The zero-order chi connectivity index (χ0) is 10.7. The molecule has 0 radical (unpaired) electrons. The standard InChI is InChI=1S/C13H25NO/c1-3-11-6-7-14-12(8-11)9-13-5-4-10(2)15-13/h10-14H,3-9H2,1-2H3. The van der Waals surface area contributed by atoms with Crippen molar-refractivity contribution in [3.05, 3.63) is 0 Å². The molecule has 2 aliphatic rings. The van der Waals surface area contributed by atoms with Gasteiger partial charge in [-0.3, -0.25) is 0 Å². The molecule has 1 N–H and O–H groups in total. The molecule has 0 amide bonds. The van der Waals surface area contributed by atoms with Crippen molar-refractivity contribution >= 4 is 0 Å². The Bertz CT molecular complexity index is 195. The number of ether oxygens (including phenoxy) is 1. The molecule has 0 bridgehead atoms. The smallest absolute Gasteiger partial charge is 0.0594 e. The molecule has 0 spiro atoms. The summed E-state index contributed by atoms with van der Waals surface area (Å²) in [6.07, 6.45) is 8.89. The Morgan fingerprint density at radius 3 is 2.80 bits per heavy atom. The average molecular weight is 211 g/mol. The second-order valence-electron chi connectivity index (χ2n) is 5.33. The van der Waals surface area contributed by atoms with Crippen LogP contribution in [-0.4, -0.2) is 24.8 Å². The number of rotatable bonds is 3. The minimum absolute atomic E-state index is 0.501. The van der Waals surface area contributed by atoms with E-state index in [2.05, 4.69) is 19.2 Å². The van der Waals surface area contributed by atoms with Crippen LogP contribution in [0.4, 0.5) is 0 Å². The third-order valence-corrected chi connectivity index (χ3v) is 4.05. The van der Waals surface area contributed by atoms with Crippen LogP contribution < -0.4 is 5.32 Å². The molecule has 2 nitrogen and oxygen atoms in total. The van der Waals surface area contributed by atoms with Gasteiger partial charge in [-0.25, -0.2) is 0 Å². The Balaban J connectivity index is 1.74. The molecule has 2 saturated heterocycles. The Labute approximate surface area is 93.8 Å². The molecule has 4 unspecified atom stereocenters. The Morgan fingerprint density at radius 1 is 1.27 bits per heavy atom. The van der Waals surface area contributed by atoms with E-state index < -0.39 is 0 Å². The van der Waals surface area contributed by atoms with Gasteiger partial charge >= 0.3 is 0 Å². The molecular weight excluding hydrogens is 186 g/mol. The summed E-state index contributed by atoms with van der Waals surface area (Å²) >= 11 is 0. The summed E-state index contributed by atoms with van der Waals surface area (Å²) in [6.45, 7) is 5.73.